The quantitative estimate of drug-likeness (QED) is 0.654. The van der Waals surface area contributed by atoms with Gasteiger partial charge in [-0.25, -0.2) is 9.97 Å². The number of hydrogen-bond acceptors (Lipinski definition) is 3. The van der Waals surface area contributed by atoms with E-state index in [9.17, 15) is 0 Å². The Morgan fingerprint density at radius 3 is 2.15 bits per heavy atom. The SMILES string of the molecule is Clc1cc(Cl)nc(-c2cc(-c3ccccc3)ccn2)n1. The molecule has 2 aromatic heterocycles. The summed E-state index contributed by atoms with van der Waals surface area (Å²) in [5, 5.41) is 0.596. The molecule has 0 aliphatic rings. The van der Waals surface area contributed by atoms with E-state index in [1.54, 1.807) is 6.20 Å². The highest BCUT2D eigenvalue weighted by molar-refractivity contribution is 6.33. The number of rotatable bonds is 2. The zero-order valence-corrected chi connectivity index (χ0v) is 11.8. The summed E-state index contributed by atoms with van der Waals surface area (Å²) >= 11 is 11.8. The molecule has 98 valence electrons. The second-order valence-electron chi connectivity index (χ2n) is 4.13. The van der Waals surface area contributed by atoms with E-state index in [1.165, 1.54) is 6.07 Å². The van der Waals surface area contributed by atoms with E-state index in [-0.39, 0.29) is 0 Å². The fourth-order valence-electron chi connectivity index (χ4n) is 1.87. The van der Waals surface area contributed by atoms with E-state index in [0.717, 1.165) is 11.1 Å². The number of nitrogens with zero attached hydrogens (tertiary/aromatic N) is 3. The zero-order valence-electron chi connectivity index (χ0n) is 10.3. The van der Waals surface area contributed by atoms with Crippen LogP contribution in [-0.4, -0.2) is 15.0 Å². The molecule has 0 bridgehead atoms. The van der Waals surface area contributed by atoms with Gasteiger partial charge in [-0.15, -0.1) is 0 Å². The smallest absolute Gasteiger partial charge is 0.181 e. The maximum absolute atomic E-state index is 5.89. The van der Waals surface area contributed by atoms with Crippen molar-refractivity contribution in [2.45, 2.75) is 0 Å². The first kappa shape index (κ1) is 13.0. The van der Waals surface area contributed by atoms with E-state index in [1.807, 2.05) is 42.5 Å². The van der Waals surface area contributed by atoms with Gasteiger partial charge in [0.1, 0.15) is 16.0 Å². The molecule has 0 aliphatic carbocycles. The highest BCUT2D eigenvalue weighted by Crippen LogP contribution is 2.24. The van der Waals surface area contributed by atoms with Gasteiger partial charge in [0.2, 0.25) is 0 Å². The Bertz CT molecular complexity index is 725. The van der Waals surface area contributed by atoms with E-state index in [4.69, 9.17) is 23.2 Å². The van der Waals surface area contributed by atoms with Crippen LogP contribution in [0.1, 0.15) is 0 Å². The first-order chi connectivity index (χ1) is 9.72. The molecule has 0 spiro atoms. The van der Waals surface area contributed by atoms with Gasteiger partial charge in [-0.05, 0) is 23.3 Å². The molecule has 0 atom stereocenters. The summed E-state index contributed by atoms with van der Waals surface area (Å²) in [6.07, 6.45) is 1.72. The molecule has 0 fully saturated rings. The Morgan fingerprint density at radius 1 is 0.750 bits per heavy atom. The highest BCUT2D eigenvalue weighted by Gasteiger charge is 2.07. The average molecular weight is 302 g/mol. The lowest BCUT2D eigenvalue weighted by atomic mass is 10.1. The Balaban J connectivity index is 2.07. The van der Waals surface area contributed by atoms with Crippen LogP contribution >= 0.6 is 23.2 Å². The Labute approximate surface area is 126 Å². The summed E-state index contributed by atoms with van der Waals surface area (Å²) < 4.78 is 0. The summed E-state index contributed by atoms with van der Waals surface area (Å²) in [6, 6.07) is 15.4. The normalized spacial score (nSPS) is 10.5. The van der Waals surface area contributed by atoms with Crippen LogP contribution in [0.2, 0.25) is 10.3 Å². The van der Waals surface area contributed by atoms with Gasteiger partial charge in [-0.1, -0.05) is 53.5 Å². The molecule has 0 aliphatic heterocycles. The van der Waals surface area contributed by atoms with Crippen LogP contribution in [0.15, 0.2) is 54.7 Å². The van der Waals surface area contributed by atoms with Crippen molar-refractivity contribution < 1.29 is 0 Å². The molecule has 0 saturated heterocycles. The summed E-state index contributed by atoms with van der Waals surface area (Å²) in [7, 11) is 0. The minimum atomic E-state index is 0.298. The lowest BCUT2D eigenvalue weighted by Gasteiger charge is -2.04. The first-order valence-corrected chi connectivity index (χ1v) is 6.70. The minimum Gasteiger partial charge on any atom is -0.253 e. The van der Waals surface area contributed by atoms with Crippen LogP contribution in [0, 0.1) is 0 Å². The zero-order chi connectivity index (χ0) is 13.9. The largest absolute Gasteiger partial charge is 0.253 e. The fraction of sp³-hybridized carbons (Fsp3) is 0. The molecular weight excluding hydrogens is 293 g/mol. The van der Waals surface area contributed by atoms with Crippen molar-refractivity contribution in [3.8, 4) is 22.6 Å². The van der Waals surface area contributed by atoms with Crippen molar-refractivity contribution in [2.75, 3.05) is 0 Å². The molecule has 5 heteroatoms. The van der Waals surface area contributed by atoms with Crippen molar-refractivity contribution >= 4 is 23.2 Å². The molecule has 3 nitrogen and oxygen atoms in total. The third kappa shape index (κ3) is 2.79. The van der Waals surface area contributed by atoms with Crippen LogP contribution in [-0.2, 0) is 0 Å². The molecule has 20 heavy (non-hydrogen) atoms. The van der Waals surface area contributed by atoms with Gasteiger partial charge in [0.15, 0.2) is 5.82 Å². The van der Waals surface area contributed by atoms with E-state index < -0.39 is 0 Å². The molecule has 0 unspecified atom stereocenters. The number of benzene rings is 1. The standard InChI is InChI=1S/C15H9Cl2N3/c16-13-9-14(17)20-15(19-13)12-8-11(6-7-18-12)10-4-2-1-3-5-10/h1-9H. The van der Waals surface area contributed by atoms with Crippen molar-refractivity contribution in [1.82, 2.24) is 15.0 Å². The van der Waals surface area contributed by atoms with Crippen LogP contribution in [0.5, 0.6) is 0 Å². The summed E-state index contributed by atoms with van der Waals surface area (Å²) in [5.74, 6) is 0.417. The van der Waals surface area contributed by atoms with Crippen molar-refractivity contribution in [3.05, 3.63) is 65.0 Å². The molecule has 0 N–H and O–H groups in total. The molecule has 0 radical (unpaired) electrons. The third-order valence-electron chi connectivity index (χ3n) is 2.76. The van der Waals surface area contributed by atoms with Gasteiger partial charge in [0.25, 0.3) is 0 Å². The predicted molar refractivity (Wildman–Crippen MR) is 80.7 cm³/mol. The van der Waals surface area contributed by atoms with E-state index in [0.29, 0.717) is 21.8 Å². The lowest BCUT2D eigenvalue weighted by Crippen LogP contribution is -1.93. The third-order valence-corrected chi connectivity index (χ3v) is 3.15. The Kier molecular flexibility index (Phi) is 3.63. The fourth-order valence-corrected chi connectivity index (χ4v) is 2.29. The summed E-state index contributed by atoms with van der Waals surface area (Å²) in [5.41, 5.74) is 2.77. The Hall–Kier alpha value is -1.97. The molecule has 1 aromatic carbocycles. The van der Waals surface area contributed by atoms with Crippen molar-refractivity contribution in [3.63, 3.8) is 0 Å². The van der Waals surface area contributed by atoms with Gasteiger partial charge in [-0.3, -0.25) is 4.98 Å². The highest BCUT2D eigenvalue weighted by atomic mass is 35.5. The second-order valence-corrected chi connectivity index (χ2v) is 4.91. The number of aromatic nitrogens is 3. The van der Waals surface area contributed by atoms with E-state index in [2.05, 4.69) is 15.0 Å². The minimum absolute atomic E-state index is 0.298. The van der Waals surface area contributed by atoms with Crippen LogP contribution < -0.4 is 0 Å². The maximum atomic E-state index is 5.89. The number of halogens is 2. The number of hydrogen-bond donors (Lipinski definition) is 0. The van der Waals surface area contributed by atoms with Crippen LogP contribution in [0.3, 0.4) is 0 Å². The predicted octanol–water partition coefficient (Wildman–Crippen LogP) is 4.51. The molecular formula is C15H9Cl2N3. The lowest BCUT2D eigenvalue weighted by molar-refractivity contribution is 1.14. The topological polar surface area (TPSA) is 38.7 Å². The van der Waals surface area contributed by atoms with E-state index >= 15 is 0 Å². The van der Waals surface area contributed by atoms with Crippen LogP contribution in [0.4, 0.5) is 0 Å². The monoisotopic (exact) mass is 301 g/mol. The van der Waals surface area contributed by atoms with Gasteiger partial charge >= 0.3 is 0 Å². The first-order valence-electron chi connectivity index (χ1n) is 5.94. The Morgan fingerprint density at radius 2 is 1.45 bits per heavy atom. The van der Waals surface area contributed by atoms with Crippen molar-refractivity contribution in [2.24, 2.45) is 0 Å². The van der Waals surface area contributed by atoms with Gasteiger partial charge in [0, 0.05) is 12.3 Å². The van der Waals surface area contributed by atoms with Gasteiger partial charge in [-0.2, -0.15) is 0 Å². The summed E-state index contributed by atoms with van der Waals surface area (Å²) in [6.45, 7) is 0. The maximum Gasteiger partial charge on any atom is 0.181 e. The molecule has 3 rings (SSSR count). The molecule has 0 saturated carbocycles. The average Bonchev–Trinajstić information content (AvgIpc) is 2.47. The number of pyridine rings is 1. The molecule has 2 heterocycles. The van der Waals surface area contributed by atoms with Crippen LogP contribution in [0.25, 0.3) is 22.6 Å². The summed E-state index contributed by atoms with van der Waals surface area (Å²) in [4.78, 5) is 12.6. The molecule has 0 amide bonds. The molecule has 3 aromatic rings. The second kappa shape index (κ2) is 5.57. The van der Waals surface area contributed by atoms with Gasteiger partial charge in [0.05, 0.1) is 0 Å². The van der Waals surface area contributed by atoms with Gasteiger partial charge < -0.3 is 0 Å². The van der Waals surface area contributed by atoms with Crippen molar-refractivity contribution in [1.29, 1.82) is 0 Å².